The number of aliphatic imine (C=N–C) groups is 1. The van der Waals surface area contributed by atoms with E-state index in [9.17, 15) is 59.1 Å². The van der Waals surface area contributed by atoms with Crippen LogP contribution in [-0.4, -0.2) is 196 Å². The second-order valence-corrected chi connectivity index (χ2v) is 20.5. The number of aliphatic hydroxyl groups excluding tert-OH is 1. The van der Waals surface area contributed by atoms with Gasteiger partial charge in [0.2, 0.25) is 17.6 Å². The van der Waals surface area contributed by atoms with Crippen LogP contribution < -0.4 is 15.4 Å². The van der Waals surface area contributed by atoms with Crippen LogP contribution in [0.2, 0.25) is 0 Å². The zero-order valence-corrected chi connectivity index (χ0v) is 42.6. The maximum Gasteiger partial charge on any atom is 0.408 e. The lowest BCUT2D eigenvalue weighted by molar-refractivity contribution is -0.255. The van der Waals surface area contributed by atoms with E-state index in [4.69, 9.17) is 33.2 Å². The SMILES string of the molecule is COc1cccc2c1C(=O)c1c(O)c3c(c(O)c1C2=O)C[C@@](O)(C(CO)=NCC(=O)CCN1C(=O)CC(NCCCC[C@H](NC(=O)OC(C)(C)C)C(=O)O)C1=O)C[C@@H]3OC1C[C@H]2C(O[C@@H]3[C@@H](OC)OCCN32)[C@H](C)O1. The molecule has 3 unspecified atom stereocenters. The molecule has 2 aromatic carbocycles. The van der Waals surface area contributed by atoms with Crippen molar-refractivity contribution in [3.05, 3.63) is 51.6 Å². The number of benzene rings is 2. The first-order chi connectivity index (χ1) is 35.6. The second-order valence-electron chi connectivity index (χ2n) is 20.5. The van der Waals surface area contributed by atoms with Gasteiger partial charge in [0, 0.05) is 68.6 Å². The number of hydrogen-bond donors (Lipinski definition) is 7. The average molecular weight is 1050 g/mol. The highest BCUT2D eigenvalue weighted by molar-refractivity contribution is 6.31. The Bertz CT molecular complexity index is 2640. The zero-order chi connectivity index (χ0) is 54.3. The molecule has 8 rings (SSSR count). The number of methoxy groups -OCH3 is 2. The minimum atomic E-state index is -2.21. The van der Waals surface area contributed by atoms with E-state index in [1.807, 2.05) is 0 Å². The summed E-state index contributed by atoms with van der Waals surface area (Å²) in [6, 6.07) is 2.02. The number of amides is 3. The molecule has 0 radical (unpaired) electrons. The van der Waals surface area contributed by atoms with E-state index in [1.54, 1.807) is 27.7 Å². The molecule has 24 heteroatoms. The van der Waals surface area contributed by atoms with E-state index in [2.05, 4.69) is 20.5 Å². The van der Waals surface area contributed by atoms with Crippen LogP contribution in [0.5, 0.6) is 17.2 Å². The van der Waals surface area contributed by atoms with Gasteiger partial charge in [0.1, 0.15) is 40.6 Å². The molecule has 4 heterocycles. The second kappa shape index (κ2) is 22.3. The molecule has 408 valence electrons. The van der Waals surface area contributed by atoms with E-state index < -0.39 is 150 Å². The number of Topliss-reactive ketones (excluding diaryl/α,β-unsaturated/α-hetero) is 1. The highest BCUT2D eigenvalue weighted by Gasteiger charge is 2.55. The van der Waals surface area contributed by atoms with Gasteiger partial charge < -0.3 is 69.3 Å². The lowest BCUT2D eigenvalue weighted by atomic mass is 9.71. The Kier molecular flexibility index (Phi) is 16.5. The number of rotatable bonds is 19. The standard InChI is InChI=1S/C51H65N5O19/c1-24-44-30(55-16-17-71-48(70-6)46(55)74-44)19-35(72-24)73-32-21-51(68,20-27-37(32)43(63)39-38(41(27)61)40(60)26-10-9-12-31(69-5)36(26)42(39)62)33(23-57)53-22-25(58)13-15-56-34(59)18-29(45(56)64)52-14-8-7-11-28(47(65)66)54-49(67)75-50(2,3)4/h9-10,12,24,28-30,32,35,44,46,48,52,57,61,63,68H,7-8,11,13-23H2,1-6H3,(H,54,67)(H,65,66)/t24-,28-,29?,30-,32-,35?,44?,46+,48-,51-/m0/s1. The van der Waals surface area contributed by atoms with Crippen molar-refractivity contribution in [3.63, 3.8) is 0 Å². The topological polar surface area (TPSA) is 328 Å². The van der Waals surface area contributed by atoms with Gasteiger partial charge in [-0.25, -0.2) is 9.59 Å². The first-order valence-electron chi connectivity index (χ1n) is 25.0. The fourth-order valence-corrected chi connectivity index (χ4v) is 10.9. The fraction of sp³-hybridized carbons (Fsp3) is 0.608. The Hall–Kier alpha value is -5.96. The Labute approximate surface area is 431 Å². The lowest BCUT2D eigenvalue weighted by Crippen LogP contribution is -2.55. The lowest BCUT2D eigenvalue weighted by Gasteiger charge is -2.44. The maximum atomic E-state index is 14.3. The van der Waals surface area contributed by atoms with E-state index >= 15 is 0 Å². The summed E-state index contributed by atoms with van der Waals surface area (Å²) in [6.07, 6.45) is -5.96. The third kappa shape index (κ3) is 11.2. The van der Waals surface area contributed by atoms with Crippen molar-refractivity contribution in [3.8, 4) is 17.2 Å². The van der Waals surface area contributed by atoms with Gasteiger partial charge in [0.25, 0.3) is 0 Å². The number of aromatic hydroxyl groups is 2. The van der Waals surface area contributed by atoms with E-state index in [0.717, 1.165) is 4.90 Å². The first kappa shape index (κ1) is 55.3. The van der Waals surface area contributed by atoms with Gasteiger partial charge in [-0.3, -0.25) is 38.8 Å². The normalized spacial score (nSPS) is 28.0. The van der Waals surface area contributed by atoms with Gasteiger partial charge in [-0.2, -0.15) is 0 Å². The highest BCUT2D eigenvalue weighted by Crippen LogP contribution is 2.53. The molecule has 4 saturated heterocycles. The van der Waals surface area contributed by atoms with Crippen molar-refractivity contribution in [1.29, 1.82) is 0 Å². The summed E-state index contributed by atoms with van der Waals surface area (Å²) in [6.45, 7) is 6.07. The van der Waals surface area contributed by atoms with Crippen molar-refractivity contribution < 1.29 is 92.3 Å². The number of fused-ring (bicyclic) bond motifs is 6. The number of nitrogens with zero attached hydrogens (tertiary/aromatic N) is 3. The fourth-order valence-electron chi connectivity index (χ4n) is 10.9. The summed E-state index contributed by atoms with van der Waals surface area (Å²) in [5.74, 6) is -5.83. The predicted octanol–water partition coefficient (Wildman–Crippen LogP) is 1.41. The summed E-state index contributed by atoms with van der Waals surface area (Å²) >= 11 is 0. The summed E-state index contributed by atoms with van der Waals surface area (Å²) < 4.78 is 41.2. The van der Waals surface area contributed by atoms with Crippen LogP contribution in [0.3, 0.4) is 0 Å². The average Bonchev–Trinajstić information content (AvgIpc) is 3.89. The smallest absolute Gasteiger partial charge is 0.408 e. The van der Waals surface area contributed by atoms with Crippen LogP contribution in [0.25, 0.3) is 0 Å². The molecule has 2 aromatic rings. The molecule has 10 atom stereocenters. The number of nitrogens with one attached hydrogen (secondary N) is 2. The number of morpholine rings is 1. The van der Waals surface area contributed by atoms with Crippen LogP contribution in [0.4, 0.5) is 4.79 Å². The van der Waals surface area contributed by atoms with E-state index in [-0.39, 0.29) is 78.5 Å². The molecule has 75 heavy (non-hydrogen) atoms. The third-order valence-corrected chi connectivity index (χ3v) is 14.5. The predicted molar refractivity (Wildman–Crippen MR) is 258 cm³/mol. The molecule has 4 fully saturated rings. The number of phenolic OH excluding ortho intramolecular Hbond substituents is 2. The van der Waals surface area contributed by atoms with Crippen LogP contribution in [0.1, 0.15) is 122 Å². The number of aliphatic hydroxyl groups is 2. The number of ketones is 3. The van der Waals surface area contributed by atoms with Crippen LogP contribution in [0.15, 0.2) is 23.2 Å². The number of carboxylic acid groups (broad SMARTS) is 1. The van der Waals surface area contributed by atoms with Crippen molar-refractivity contribution in [2.24, 2.45) is 4.99 Å². The Morgan fingerprint density at radius 2 is 1.76 bits per heavy atom. The number of carbonyl (C=O) groups is 7. The third-order valence-electron chi connectivity index (χ3n) is 14.5. The van der Waals surface area contributed by atoms with Gasteiger partial charge in [-0.15, -0.1) is 0 Å². The number of alkyl carbamates (subject to hydrolysis) is 1. The molecule has 4 aliphatic heterocycles. The molecule has 0 saturated carbocycles. The van der Waals surface area contributed by atoms with Gasteiger partial charge in [-0.05, 0) is 59.6 Å². The first-order valence-corrected chi connectivity index (χ1v) is 25.0. The number of aliphatic carboxylic acids is 1. The number of hydrogen-bond acceptors (Lipinski definition) is 21. The molecule has 0 aromatic heterocycles. The monoisotopic (exact) mass is 1050 g/mol. The van der Waals surface area contributed by atoms with Crippen molar-refractivity contribution >= 4 is 46.9 Å². The largest absolute Gasteiger partial charge is 0.507 e. The van der Waals surface area contributed by atoms with Crippen LogP contribution >= 0.6 is 0 Å². The number of ether oxygens (including phenoxy) is 7. The number of imide groups is 1. The molecule has 24 nitrogen and oxygen atoms in total. The molecule has 0 bridgehead atoms. The number of likely N-dealkylation sites (tertiary alicyclic amines) is 1. The molecular weight excluding hydrogens is 987 g/mol. The molecule has 0 spiro atoms. The Balaban J connectivity index is 0.966. The molecule has 3 amide bonds. The van der Waals surface area contributed by atoms with Crippen LogP contribution in [0, 0.1) is 0 Å². The molecule has 6 aliphatic rings. The number of phenols is 2. The molecular formula is C51H65N5O19. The van der Waals surface area contributed by atoms with Gasteiger partial charge >= 0.3 is 12.1 Å². The summed E-state index contributed by atoms with van der Waals surface area (Å²) in [5, 5.41) is 62.6. The van der Waals surface area contributed by atoms with Crippen molar-refractivity contribution in [2.45, 2.75) is 146 Å². The quantitative estimate of drug-likeness (QED) is 0.0386. The minimum absolute atomic E-state index is 0.0642. The van der Waals surface area contributed by atoms with Gasteiger partial charge in [0.15, 0.2) is 30.4 Å². The minimum Gasteiger partial charge on any atom is -0.507 e. The number of unbranched alkanes of at least 4 members (excludes halogenated alkanes) is 1. The van der Waals surface area contributed by atoms with Gasteiger partial charge in [-0.1, -0.05) is 12.1 Å². The van der Waals surface area contributed by atoms with Crippen LogP contribution in [-0.2, 0) is 54.0 Å². The molecule has 2 aliphatic carbocycles. The Morgan fingerprint density at radius 3 is 2.45 bits per heavy atom. The number of carbonyl (C=O) groups excluding carboxylic acids is 6. The van der Waals surface area contributed by atoms with Crippen molar-refractivity contribution in [1.82, 2.24) is 20.4 Å². The summed E-state index contributed by atoms with van der Waals surface area (Å²) in [7, 11) is 2.83. The highest BCUT2D eigenvalue weighted by atomic mass is 16.7. The zero-order valence-electron chi connectivity index (χ0n) is 42.6. The van der Waals surface area contributed by atoms with E-state index in [0.29, 0.717) is 26.0 Å². The van der Waals surface area contributed by atoms with E-state index in [1.165, 1.54) is 32.4 Å². The maximum absolute atomic E-state index is 14.3. The van der Waals surface area contributed by atoms with Gasteiger partial charge in [0.05, 0.1) is 73.9 Å². The molecule has 7 N–H and O–H groups in total. The number of carboxylic acids is 1. The van der Waals surface area contributed by atoms with Crippen molar-refractivity contribution in [2.75, 3.05) is 53.6 Å². The summed E-state index contributed by atoms with van der Waals surface area (Å²) in [4.78, 5) is 99.3. The summed E-state index contributed by atoms with van der Waals surface area (Å²) in [5.41, 5.74) is -4.86. The Morgan fingerprint density at radius 1 is 1.01 bits per heavy atom.